The van der Waals surface area contributed by atoms with E-state index in [0.717, 1.165) is 43.6 Å². The molecule has 4 rings (SSSR count). The van der Waals surface area contributed by atoms with Crippen LogP contribution in [0, 0.1) is 18.6 Å². The van der Waals surface area contributed by atoms with E-state index in [1.807, 2.05) is 19.9 Å². The van der Waals surface area contributed by atoms with Crippen LogP contribution < -0.4 is 14.8 Å². The van der Waals surface area contributed by atoms with Gasteiger partial charge in [-0.1, -0.05) is 6.07 Å². The number of hydrogen-bond donors (Lipinski definition) is 1. The number of nitrogens with one attached hydrogen (secondary N) is 1. The van der Waals surface area contributed by atoms with Crippen LogP contribution in [0.15, 0.2) is 54.9 Å². The van der Waals surface area contributed by atoms with Crippen LogP contribution in [0.2, 0.25) is 0 Å². The molecule has 0 atom stereocenters. The van der Waals surface area contributed by atoms with Crippen molar-refractivity contribution in [2.45, 2.75) is 46.2 Å². The maximum atomic E-state index is 13.7. The number of carbonyl (C=O) groups is 2. The van der Waals surface area contributed by atoms with E-state index in [9.17, 15) is 18.4 Å². The topological polar surface area (TPSA) is 80.8 Å². The Bertz CT molecular complexity index is 1250. The molecule has 3 aromatic rings. The van der Waals surface area contributed by atoms with Crippen molar-refractivity contribution in [3.8, 4) is 11.5 Å². The maximum absolute atomic E-state index is 13.7. The summed E-state index contributed by atoms with van der Waals surface area (Å²) in [5, 5.41) is 3.10. The molecule has 0 radical (unpaired) electrons. The number of benzene rings is 2. The van der Waals surface area contributed by atoms with Crippen molar-refractivity contribution in [1.82, 2.24) is 15.2 Å². The molecule has 1 aromatic heterocycles. The van der Waals surface area contributed by atoms with Crippen molar-refractivity contribution in [2.75, 3.05) is 26.3 Å². The van der Waals surface area contributed by atoms with E-state index in [-0.39, 0.29) is 23.5 Å². The second-order valence-corrected chi connectivity index (χ2v) is 9.21. The molecule has 0 unspecified atom stereocenters. The van der Waals surface area contributed by atoms with Gasteiger partial charge < -0.3 is 14.8 Å². The van der Waals surface area contributed by atoms with Gasteiger partial charge in [0.05, 0.1) is 18.8 Å². The molecule has 2 heterocycles. The zero-order valence-corrected chi connectivity index (χ0v) is 22.6. The summed E-state index contributed by atoms with van der Waals surface area (Å²) in [6, 6.07) is 11.1. The van der Waals surface area contributed by atoms with Gasteiger partial charge in [0.25, 0.3) is 5.91 Å². The Morgan fingerprint density at radius 3 is 2.26 bits per heavy atom. The summed E-state index contributed by atoms with van der Waals surface area (Å²) in [7, 11) is 0. The minimum Gasteiger partial charge on any atom is -0.491 e. The van der Waals surface area contributed by atoms with Crippen LogP contribution in [-0.4, -0.2) is 54.4 Å². The van der Waals surface area contributed by atoms with Crippen molar-refractivity contribution in [3.05, 3.63) is 88.7 Å². The number of pyridine rings is 1. The molecule has 1 amide bonds. The first-order valence-electron chi connectivity index (χ1n) is 13.1. The average molecular weight is 540 g/mol. The molecule has 0 bridgehead atoms. The lowest BCUT2D eigenvalue weighted by molar-refractivity contribution is 0.0908. The summed E-state index contributed by atoms with van der Waals surface area (Å²) < 4.78 is 36.8. The molecule has 39 heavy (non-hydrogen) atoms. The lowest BCUT2D eigenvalue weighted by Gasteiger charge is -2.32. The van der Waals surface area contributed by atoms with Gasteiger partial charge in [0, 0.05) is 43.6 Å². The van der Waals surface area contributed by atoms with E-state index in [2.05, 4.69) is 15.2 Å². The number of aromatic nitrogens is 1. The molecule has 0 saturated carbocycles. The number of likely N-dealkylation sites (tertiary alicyclic amines) is 1. The quantitative estimate of drug-likeness (QED) is 0.369. The molecule has 1 fully saturated rings. The summed E-state index contributed by atoms with van der Waals surface area (Å²) in [5.74, 6) is -0.398. The lowest BCUT2D eigenvalue weighted by atomic mass is 10.0. The Labute approximate surface area is 228 Å². The van der Waals surface area contributed by atoms with Crippen molar-refractivity contribution in [1.29, 1.82) is 0 Å². The van der Waals surface area contributed by atoms with Gasteiger partial charge in [0.1, 0.15) is 6.29 Å². The van der Waals surface area contributed by atoms with Gasteiger partial charge in [-0.15, -0.1) is 0 Å². The third-order valence-corrected chi connectivity index (χ3v) is 6.15. The second kappa shape index (κ2) is 14.9. The van der Waals surface area contributed by atoms with E-state index in [0.29, 0.717) is 36.4 Å². The molecule has 7 nitrogen and oxygen atoms in total. The van der Waals surface area contributed by atoms with Crippen LogP contribution in [-0.2, 0) is 6.54 Å². The van der Waals surface area contributed by atoms with Crippen LogP contribution in [0.3, 0.4) is 0 Å². The van der Waals surface area contributed by atoms with Gasteiger partial charge >= 0.3 is 0 Å². The monoisotopic (exact) mass is 539 g/mol. The van der Waals surface area contributed by atoms with Crippen molar-refractivity contribution < 1.29 is 27.8 Å². The number of nitrogens with zero attached hydrogens (tertiary/aromatic N) is 2. The summed E-state index contributed by atoms with van der Waals surface area (Å²) in [6.07, 6.45) is 5.78. The van der Waals surface area contributed by atoms with E-state index in [1.54, 1.807) is 31.5 Å². The van der Waals surface area contributed by atoms with Crippen molar-refractivity contribution in [2.24, 2.45) is 0 Å². The minimum absolute atomic E-state index is 0.0652. The summed E-state index contributed by atoms with van der Waals surface area (Å²) in [5.41, 5.74) is 3.03. The standard InChI is InChI=1S/C21H26FN3O2.C9H9FO2/c1-3-27-20-11-16(4-5-19(20)22)14-25-8-6-18(7-9-25)24-21(26)17-10-15(2)12-23-13-17;1-2-12-9-5-7(6-11)3-4-8(9)10/h4-5,10-13,18H,3,6-9,14H2,1-2H3,(H,24,26);3-6H,2H2,1H3. The third kappa shape index (κ3) is 9.14. The van der Waals surface area contributed by atoms with E-state index in [4.69, 9.17) is 9.47 Å². The smallest absolute Gasteiger partial charge is 0.253 e. The fourth-order valence-corrected chi connectivity index (χ4v) is 4.21. The first-order chi connectivity index (χ1) is 18.8. The Kier molecular flexibility index (Phi) is 11.4. The largest absolute Gasteiger partial charge is 0.491 e. The van der Waals surface area contributed by atoms with Crippen LogP contribution in [0.4, 0.5) is 8.78 Å². The zero-order valence-electron chi connectivity index (χ0n) is 22.6. The van der Waals surface area contributed by atoms with Crippen LogP contribution in [0.5, 0.6) is 11.5 Å². The first-order valence-corrected chi connectivity index (χ1v) is 13.1. The van der Waals surface area contributed by atoms with Gasteiger partial charge in [0.2, 0.25) is 0 Å². The molecule has 9 heteroatoms. The second-order valence-electron chi connectivity index (χ2n) is 9.21. The zero-order chi connectivity index (χ0) is 28.2. The minimum atomic E-state index is -0.442. The van der Waals surface area contributed by atoms with E-state index >= 15 is 0 Å². The predicted octanol–water partition coefficient (Wildman–Crippen LogP) is 5.36. The molecule has 208 valence electrons. The van der Waals surface area contributed by atoms with Gasteiger partial charge in [-0.25, -0.2) is 8.78 Å². The highest BCUT2D eigenvalue weighted by Crippen LogP contribution is 2.22. The summed E-state index contributed by atoms with van der Waals surface area (Å²) in [6.45, 7) is 8.89. The highest BCUT2D eigenvalue weighted by Gasteiger charge is 2.21. The number of carbonyl (C=O) groups excluding carboxylic acids is 2. The molecular formula is C30H35F2N3O4. The summed E-state index contributed by atoms with van der Waals surface area (Å²) in [4.78, 5) is 29.0. The normalized spacial score (nSPS) is 13.7. The van der Waals surface area contributed by atoms with Crippen LogP contribution >= 0.6 is 0 Å². The van der Waals surface area contributed by atoms with Gasteiger partial charge in [-0.3, -0.25) is 19.5 Å². The van der Waals surface area contributed by atoms with Crippen LogP contribution in [0.25, 0.3) is 0 Å². The van der Waals surface area contributed by atoms with E-state index < -0.39 is 5.82 Å². The number of amides is 1. The first kappa shape index (κ1) is 29.7. The van der Waals surface area contributed by atoms with Crippen molar-refractivity contribution in [3.63, 3.8) is 0 Å². The Morgan fingerprint density at radius 1 is 1.00 bits per heavy atom. The summed E-state index contributed by atoms with van der Waals surface area (Å²) >= 11 is 0. The lowest BCUT2D eigenvalue weighted by Crippen LogP contribution is -2.44. The predicted molar refractivity (Wildman–Crippen MR) is 145 cm³/mol. The molecule has 0 aliphatic carbocycles. The fourth-order valence-electron chi connectivity index (χ4n) is 4.21. The van der Waals surface area contributed by atoms with Gasteiger partial charge in [-0.05, 0) is 81.1 Å². The fraction of sp³-hybridized carbons (Fsp3) is 0.367. The molecule has 1 saturated heterocycles. The number of ether oxygens (including phenoxy) is 2. The maximum Gasteiger partial charge on any atom is 0.253 e. The molecule has 1 aliphatic rings. The number of halogens is 2. The molecule has 1 aliphatic heterocycles. The Hall–Kier alpha value is -3.85. The number of piperidine rings is 1. The number of rotatable bonds is 9. The van der Waals surface area contributed by atoms with Gasteiger partial charge in [0.15, 0.2) is 23.1 Å². The Balaban J connectivity index is 0.000000293. The highest BCUT2D eigenvalue weighted by molar-refractivity contribution is 5.94. The average Bonchev–Trinajstić information content (AvgIpc) is 2.93. The van der Waals surface area contributed by atoms with E-state index in [1.165, 1.54) is 24.3 Å². The SMILES string of the molecule is CCOc1cc(C=O)ccc1F.CCOc1cc(CN2CCC(NC(=O)c3cncc(C)c3)CC2)ccc1F. The number of hydrogen-bond acceptors (Lipinski definition) is 6. The molecule has 2 aromatic carbocycles. The van der Waals surface area contributed by atoms with Crippen molar-refractivity contribution >= 4 is 12.2 Å². The molecular weight excluding hydrogens is 504 g/mol. The number of aldehydes is 1. The molecule has 1 N–H and O–H groups in total. The third-order valence-electron chi connectivity index (χ3n) is 6.15. The van der Waals surface area contributed by atoms with Gasteiger partial charge in [-0.2, -0.15) is 0 Å². The Morgan fingerprint density at radius 2 is 1.64 bits per heavy atom. The molecule has 0 spiro atoms. The number of aryl methyl sites for hydroxylation is 1. The van der Waals surface area contributed by atoms with Crippen LogP contribution in [0.1, 0.15) is 58.5 Å². The highest BCUT2D eigenvalue weighted by atomic mass is 19.1.